The van der Waals surface area contributed by atoms with Gasteiger partial charge >= 0.3 is 0 Å². The molecule has 0 atom stereocenters. The molecule has 152 valence electrons. The fourth-order valence-electron chi connectivity index (χ4n) is 2.82. The molecule has 0 aliphatic heterocycles. The molecule has 0 saturated heterocycles. The Labute approximate surface area is 174 Å². The van der Waals surface area contributed by atoms with Gasteiger partial charge in [0, 0.05) is 40.4 Å². The van der Waals surface area contributed by atoms with Crippen LogP contribution >= 0.6 is 11.8 Å². The van der Waals surface area contributed by atoms with Crippen LogP contribution in [0, 0.1) is 5.82 Å². The number of hydrogen-bond donors (Lipinski definition) is 0. The Kier molecular flexibility index (Phi) is 6.53. The largest absolute Gasteiger partial charge is 0.378 e. The van der Waals surface area contributed by atoms with E-state index in [0.29, 0.717) is 23.1 Å². The van der Waals surface area contributed by atoms with Crippen LogP contribution in [0.1, 0.15) is 5.56 Å². The second-order valence-corrected chi connectivity index (χ2v) is 7.89. The molecule has 0 bridgehead atoms. The number of halogens is 1. The molecule has 0 radical (unpaired) electrons. The van der Waals surface area contributed by atoms with Crippen LogP contribution in [-0.4, -0.2) is 52.5 Å². The molecule has 6 nitrogen and oxygen atoms in total. The summed E-state index contributed by atoms with van der Waals surface area (Å²) < 4.78 is 15.7. The third-order valence-electron chi connectivity index (χ3n) is 4.57. The number of anilines is 1. The van der Waals surface area contributed by atoms with Crippen molar-refractivity contribution in [3.05, 3.63) is 59.9 Å². The molecule has 1 heterocycles. The van der Waals surface area contributed by atoms with E-state index < -0.39 is 0 Å². The number of carbonyl (C=O) groups excluding carboxylic acids is 1. The van der Waals surface area contributed by atoms with Gasteiger partial charge in [-0.2, -0.15) is 0 Å². The summed E-state index contributed by atoms with van der Waals surface area (Å²) >= 11 is 1.29. The van der Waals surface area contributed by atoms with Gasteiger partial charge in [-0.25, -0.2) is 4.39 Å². The molecule has 0 N–H and O–H groups in total. The number of thioether (sulfide) groups is 1. The van der Waals surface area contributed by atoms with Crippen molar-refractivity contribution in [1.82, 2.24) is 19.7 Å². The van der Waals surface area contributed by atoms with Crippen LogP contribution in [0.25, 0.3) is 11.4 Å². The monoisotopic (exact) mass is 413 g/mol. The van der Waals surface area contributed by atoms with Crippen molar-refractivity contribution in [2.75, 3.05) is 31.8 Å². The molecular formula is C21H24FN5OS. The van der Waals surface area contributed by atoms with Crippen LogP contribution in [0.4, 0.5) is 10.1 Å². The Morgan fingerprint density at radius 2 is 1.76 bits per heavy atom. The number of nitrogens with zero attached hydrogens (tertiary/aromatic N) is 5. The van der Waals surface area contributed by atoms with E-state index in [1.807, 2.05) is 43.3 Å². The van der Waals surface area contributed by atoms with Crippen LogP contribution < -0.4 is 4.90 Å². The highest BCUT2D eigenvalue weighted by Crippen LogP contribution is 2.24. The molecule has 3 rings (SSSR count). The SMILES string of the molecule is CN(Cc1ccc(N(C)C)cc1)C(=O)CSc1nnc(-c2ccccc2F)n1C. The van der Waals surface area contributed by atoms with Gasteiger partial charge in [0.05, 0.1) is 11.3 Å². The van der Waals surface area contributed by atoms with Crippen LogP contribution in [0.5, 0.6) is 0 Å². The summed E-state index contributed by atoms with van der Waals surface area (Å²) in [5, 5.41) is 8.76. The topological polar surface area (TPSA) is 54.3 Å². The van der Waals surface area contributed by atoms with E-state index in [2.05, 4.69) is 10.2 Å². The quantitative estimate of drug-likeness (QED) is 0.556. The molecule has 29 heavy (non-hydrogen) atoms. The highest BCUT2D eigenvalue weighted by Gasteiger charge is 2.17. The van der Waals surface area contributed by atoms with Gasteiger partial charge in [-0.15, -0.1) is 10.2 Å². The summed E-state index contributed by atoms with van der Waals surface area (Å²) in [5.41, 5.74) is 2.57. The van der Waals surface area contributed by atoms with E-state index in [-0.39, 0.29) is 17.5 Å². The minimum absolute atomic E-state index is 0.0119. The first-order chi connectivity index (χ1) is 13.9. The van der Waals surface area contributed by atoms with Crippen molar-refractivity contribution in [3.8, 4) is 11.4 Å². The maximum Gasteiger partial charge on any atom is 0.233 e. The summed E-state index contributed by atoms with van der Waals surface area (Å²) in [6, 6.07) is 14.6. The van der Waals surface area contributed by atoms with E-state index in [4.69, 9.17) is 0 Å². The van der Waals surface area contributed by atoms with Gasteiger partial charge in [0.15, 0.2) is 11.0 Å². The molecule has 8 heteroatoms. The molecule has 0 fully saturated rings. The average Bonchev–Trinajstić information content (AvgIpc) is 3.07. The maximum atomic E-state index is 14.0. The molecule has 1 aromatic heterocycles. The number of amides is 1. The Hall–Kier alpha value is -2.87. The van der Waals surface area contributed by atoms with Crippen molar-refractivity contribution in [3.63, 3.8) is 0 Å². The number of aromatic nitrogens is 3. The van der Waals surface area contributed by atoms with Gasteiger partial charge in [0.2, 0.25) is 5.91 Å². The zero-order valence-corrected chi connectivity index (χ0v) is 17.8. The number of hydrogen-bond acceptors (Lipinski definition) is 5. The normalized spacial score (nSPS) is 10.8. The molecule has 0 aliphatic carbocycles. The summed E-state index contributed by atoms with van der Waals surface area (Å²) in [4.78, 5) is 16.2. The Balaban J connectivity index is 1.60. The van der Waals surface area contributed by atoms with Crippen molar-refractivity contribution in [2.24, 2.45) is 7.05 Å². The number of carbonyl (C=O) groups is 1. The standard InChI is InChI=1S/C21H24FN5OS/c1-25(2)16-11-9-15(10-12-16)13-26(3)19(28)14-29-21-24-23-20(27(21)4)17-7-5-6-8-18(17)22/h5-12H,13-14H2,1-4H3. The highest BCUT2D eigenvalue weighted by atomic mass is 32.2. The van der Waals surface area contributed by atoms with Crippen molar-refractivity contribution >= 4 is 23.4 Å². The lowest BCUT2D eigenvalue weighted by atomic mass is 10.2. The van der Waals surface area contributed by atoms with Crippen molar-refractivity contribution in [2.45, 2.75) is 11.7 Å². The summed E-state index contributed by atoms with van der Waals surface area (Å²) in [6.45, 7) is 0.534. The van der Waals surface area contributed by atoms with Crippen LogP contribution in [0.2, 0.25) is 0 Å². The van der Waals surface area contributed by atoms with Crippen LogP contribution in [0.15, 0.2) is 53.7 Å². The second kappa shape index (κ2) is 9.09. The van der Waals surface area contributed by atoms with E-state index >= 15 is 0 Å². The van der Waals surface area contributed by atoms with Crippen molar-refractivity contribution in [1.29, 1.82) is 0 Å². The smallest absolute Gasteiger partial charge is 0.233 e. The van der Waals surface area contributed by atoms with Gasteiger partial charge in [-0.3, -0.25) is 4.79 Å². The first kappa shape index (κ1) is 20.9. The van der Waals surface area contributed by atoms with Gasteiger partial charge in [-0.05, 0) is 29.8 Å². The zero-order valence-electron chi connectivity index (χ0n) is 17.0. The molecule has 1 amide bonds. The number of rotatable bonds is 7. The first-order valence-electron chi connectivity index (χ1n) is 9.14. The molecule has 0 spiro atoms. The van der Waals surface area contributed by atoms with Crippen molar-refractivity contribution < 1.29 is 9.18 Å². The average molecular weight is 414 g/mol. The predicted octanol–water partition coefficient (Wildman–Crippen LogP) is 3.44. The fourth-order valence-corrected chi connectivity index (χ4v) is 3.67. The third kappa shape index (κ3) is 4.95. The second-order valence-electron chi connectivity index (χ2n) is 6.94. The van der Waals surface area contributed by atoms with Crippen LogP contribution in [-0.2, 0) is 18.4 Å². The highest BCUT2D eigenvalue weighted by molar-refractivity contribution is 7.99. The molecule has 0 saturated carbocycles. The van der Waals surface area contributed by atoms with Gasteiger partial charge < -0.3 is 14.4 Å². The van der Waals surface area contributed by atoms with Gasteiger partial charge in [-0.1, -0.05) is 36.0 Å². The molecule has 3 aromatic rings. The summed E-state index contributed by atoms with van der Waals surface area (Å²) in [6.07, 6.45) is 0. The Morgan fingerprint density at radius 3 is 2.41 bits per heavy atom. The Morgan fingerprint density at radius 1 is 1.07 bits per heavy atom. The lowest BCUT2D eigenvalue weighted by molar-refractivity contribution is -0.127. The molecule has 0 aliphatic rings. The molecule has 2 aromatic carbocycles. The predicted molar refractivity (Wildman–Crippen MR) is 114 cm³/mol. The molecular weight excluding hydrogens is 389 g/mol. The first-order valence-corrected chi connectivity index (χ1v) is 10.1. The molecule has 0 unspecified atom stereocenters. The zero-order chi connectivity index (χ0) is 21.0. The van der Waals surface area contributed by atoms with Crippen LogP contribution in [0.3, 0.4) is 0 Å². The summed E-state index contributed by atoms with van der Waals surface area (Å²) in [5.74, 6) is 0.306. The number of benzene rings is 2. The van der Waals surface area contributed by atoms with E-state index in [9.17, 15) is 9.18 Å². The van der Waals surface area contributed by atoms with E-state index in [1.165, 1.54) is 17.8 Å². The minimum atomic E-state index is -0.351. The lowest BCUT2D eigenvalue weighted by Gasteiger charge is -2.18. The lowest BCUT2D eigenvalue weighted by Crippen LogP contribution is -2.27. The maximum absolute atomic E-state index is 14.0. The van der Waals surface area contributed by atoms with Gasteiger partial charge in [0.25, 0.3) is 0 Å². The fraction of sp³-hybridized carbons (Fsp3) is 0.286. The minimum Gasteiger partial charge on any atom is -0.378 e. The van der Waals surface area contributed by atoms with E-state index in [1.54, 1.807) is 41.8 Å². The summed E-state index contributed by atoms with van der Waals surface area (Å²) in [7, 11) is 7.53. The van der Waals surface area contributed by atoms with E-state index in [0.717, 1.165) is 11.3 Å². The Bertz CT molecular complexity index is 987. The third-order valence-corrected chi connectivity index (χ3v) is 5.58. The van der Waals surface area contributed by atoms with Gasteiger partial charge in [0.1, 0.15) is 5.82 Å².